The van der Waals surface area contributed by atoms with Crippen LogP contribution in [0.5, 0.6) is 0 Å². The number of alkyl carbamates (subject to hydrolysis) is 2. The van der Waals surface area contributed by atoms with Crippen LogP contribution in [0.15, 0.2) is 0 Å². The van der Waals surface area contributed by atoms with Gasteiger partial charge in [-0.1, -0.05) is 0 Å². The second-order valence-electron chi connectivity index (χ2n) is 8.42. The van der Waals surface area contributed by atoms with Gasteiger partial charge in [-0.05, 0) is 0 Å². The second-order valence-corrected chi connectivity index (χ2v) is 16.3. The number of hydrogen-bond acceptors (Lipinski definition) is 6. The summed E-state index contributed by atoms with van der Waals surface area (Å²) in [6, 6.07) is -1.57. The molecule has 0 aromatic carbocycles. The molecule has 0 aromatic heterocycles. The van der Waals surface area contributed by atoms with Gasteiger partial charge < -0.3 is 0 Å². The van der Waals surface area contributed by atoms with Crippen molar-refractivity contribution >= 4 is 50.3 Å². The molecule has 2 atom stereocenters. The van der Waals surface area contributed by atoms with Gasteiger partial charge in [-0.25, -0.2) is 0 Å². The molecule has 10 nitrogen and oxygen atoms in total. The Morgan fingerprint density at radius 3 is 1.27 bits per heavy atom. The van der Waals surface area contributed by atoms with Crippen LogP contribution in [0.2, 0.25) is 10.6 Å². The van der Waals surface area contributed by atoms with E-state index in [4.69, 9.17) is 20.9 Å². The quantitative estimate of drug-likeness (QED) is 0.215. The molecule has 174 valence electrons. The van der Waals surface area contributed by atoms with Crippen LogP contribution in [0.25, 0.3) is 0 Å². The molecular weight excluding hydrogens is 526 g/mol. The summed E-state index contributed by atoms with van der Waals surface area (Å²) in [5.74, 6) is -1.22. The van der Waals surface area contributed by atoms with Crippen LogP contribution in [-0.2, 0) is 19.1 Å². The molecule has 2 unspecified atom stereocenters. The van der Waals surface area contributed by atoms with Crippen molar-refractivity contribution in [2.24, 2.45) is 11.5 Å². The Kier molecular flexibility index (Phi) is 12.4. The topological polar surface area (TPSA) is 163 Å². The van der Waals surface area contributed by atoms with E-state index >= 15 is 0 Å². The molecule has 0 aliphatic heterocycles. The summed E-state index contributed by atoms with van der Waals surface area (Å²) < 4.78 is 10.3. The Morgan fingerprint density at radius 1 is 0.733 bits per heavy atom. The monoisotopic (exact) mass is 562 g/mol. The number of carbonyl (C=O) groups is 4. The van der Waals surface area contributed by atoms with Crippen molar-refractivity contribution < 1.29 is 28.7 Å². The van der Waals surface area contributed by atoms with Gasteiger partial charge in [0, 0.05) is 0 Å². The van der Waals surface area contributed by atoms with Gasteiger partial charge in [0.1, 0.15) is 0 Å². The third-order valence-corrected chi connectivity index (χ3v) is 10.6. The number of nitrogens with two attached hydrogens (primary N) is 2. The molecule has 4 amide bonds. The van der Waals surface area contributed by atoms with Crippen molar-refractivity contribution in [1.82, 2.24) is 10.6 Å². The summed E-state index contributed by atoms with van der Waals surface area (Å²) >= 11 is 0.453. The fraction of sp³-hybridized carbons (Fsp3) is 0.778. The van der Waals surface area contributed by atoms with E-state index in [9.17, 15) is 19.2 Å². The molecule has 0 heterocycles. The van der Waals surface area contributed by atoms with E-state index in [-0.39, 0.29) is 26.3 Å². The molecule has 6 N–H and O–H groups in total. The molecular formula is C18H34N4O6Se2. The van der Waals surface area contributed by atoms with Gasteiger partial charge in [-0.15, -0.1) is 0 Å². The predicted octanol–water partition coefficient (Wildman–Crippen LogP) is 0.684. The molecule has 30 heavy (non-hydrogen) atoms. The molecule has 0 saturated carbocycles. The normalized spacial score (nSPS) is 13.7. The standard InChI is InChI=1S/C18H34N4O6Se2/c1-17(2,3)27-15(25)21-11(13(19)23)7-9-29-30-10-8-12(14(20)24)22-16(26)28-18(4,5)6/h11-12H,7-10H2,1-6H3,(H2,19,23)(H2,20,24)(H,21,25)(H,22,26). The summed E-state index contributed by atoms with van der Waals surface area (Å²) in [4.78, 5) is 46.7. The summed E-state index contributed by atoms with van der Waals surface area (Å²) in [5, 5.41) is 6.46. The number of amides is 4. The number of carbonyl (C=O) groups excluding carboxylic acids is 4. The molecule has 0 aromatic rings. The predicted molar refractivity (Wildman–Crippen MR) is 115 cm³/mol. The van der Waals surface area contributed by atoms with Crippen LogP contribution >= 0.6 is 0 Å². The first-order chi connectivity index (χ1) is 13.6. The zero-order chi connectivity index (χ0) is 23.5. The minimum absolute atomic E-state index is 0.227. The first-order valence-electron chi connectivity index (χ1n) is 9.43. The second kappa shape index (κ2) is 13.0. The van der Waals surface area contributed by atoms with Gasteiger partial charge in [-0.3, -0.25) is 0 Å². The molecule has 0 aliphatic rings. The third kappa shape index (κ3) is 15.4. The van der Waals surface area contributed by atoms with Crippen LogP contribution in [-0.4, -0.2) is 73.5 Å². The fourth-order valence-electron chi connectivity index (χ4n) is 1.92. The number of nitrogens with one attached hydrogen (secondary N) is 2. The first-order valence-corrected chi connectivity index (χ1v) is 16.2. The van der Waals surface area contributed by atoms with Crippen molar-refractivity contribution in [3.8, 4) is 0 Å². The zero-order valence-corrected chi connectivity index (χ0v) is 21.8. The van der Waals surface area contributed by atoms with Crippen LogP contribution in [0.1, 0.15) is 54.4 Å². The Bertz CT molecular complexity index is 552. The average Bonchev–Trinajstić information content (AvgIpc) is 2.51. The molecule has 0 rings (SSSR count). The van der Waals surface area contributed by atoms with Crippen molar-refractivity contribution in [2.45, 2.75) is 88.3 Å². The number of hydrogen-bond donors (Lipinski definition) is 4. The van der Waals surface area contributed by atoms with Gasteiger partial charge >= 0.3 is 189 Å². The Labute approximate surface area is 189 Å². The maximum atomic E-state index is 11.8. The van der Waals surface area contributed by atoms with E-state index in [1.54, 1.807) is 41.5 Å². The van der Waals surface area contributed by atoms with E-state index in [1.165, 1.54) is 0 Å². The minimum atomic E-state index is -0.787. The maximum absolute atomic E-state index is 11.8. The van der Waals surface area contributed by atoms with E-state index in [0.29, 0.717) is 12.8 Å². The van der Waals surface area contributed by atoms with E-state index < -0.39 is 47.3 Å². The van der Waals surface area contributed by atoms with Gasteiger partial charge in [0.05, 0.1) is 0 Å². The van der Waals surface area contributed by atoms with E-state index in [1.807, 2.05) is 0 Å². The summed E-state index contributed by atoms with van der Waals surface area (Å²) in [6.07, 6.45) is -0.513. The molecule has 0 aliphatic carbocycles. The van der Waals surface area contributed by atoms with Gasteiger partial charge in [-0.2, -0.15) is 0 Å². The van der Waals surface area contributed by atoms with E-state index in [2.05, 4.69) is 10.6 Å². The fourth-order valence-corrected chi connectivity index (χ4v) is 8.48. The van der Waals surface area contributed by atoms with Crippen LogP contribution < -0.4 is 22.1 Å². The van der Waals surface area contributed by atoms with Crippen molar-refractivity contribution in [3.63, 3.8) is 0 Å². The van der Waals surface area contributed by atoms with Gasteiger partial charge in [0.15, 0.2) is 0 Å². The van der Waals surface area contributed by atoms with Crippen molar-refractivity contribution in [2.75, 3.05) is 0 Å². The van der Waals surface area contributed by atoms with Crippen LogP contribution in [0.3, 0.4) is 0 Å². The molecule has 0 bridgehead atoms. The van der Waals surface area contributed by atoms with Crippen molar-refractivity contribution in [3.05, 3.63) is 0 Å². The number of primary amides is 2. The SMILES string of the molecule is CC(C)(C)OC(=O)NC(CC[Se][Se]CCC(NC(=O)OC(C)(C)C)C(N)=O)C(N)=O. The summed E-state index contributed by atoms with van der Waals surface area (Å²) in [7, 11) is 0. The van der Waals surface area contributed by atoms with Gasteiger partial charge in [0.2, 0.25) is 0 Å². The summed E-state index contributed by atoms with van der Waals surface area (Å²) in [5.41, 5.74) is 9.38. The number of rotatable bonds is 11. The molecule has 0 saturated heterocycles. The average molecular weight is 560 g/mol. The molecule has 12 heteroatoms. The summed E-state index contributed by atoms with van der Waals surface area (Å²) in [6.45, 7) is 10.4. The number of ether oxygens (including phenoxy) is 2. The molecule has 0 spiro atoms. The third-order valence-electron chi connectivity index (χ3n) is 3.13. The van der Waals surface area contributed by atoms with Crippen LogP contribution in [0.4, 0.5) is 9.59 Å². The van der Waals surface area contributed by atoms with Gasteiger partial charge in [0.25, 0.3) is 0 Å². The molecule has 0 radical (unpaired) electrons. The Balaban J connectivity index is 4.28. The first kappa shape index (κ1) is 28.5. The zero-order valence-electron chi connectivity index (χ0n) is 18.4. The Hall–Kier alpha value is -1.48. The molecule has 0 fully saturated rings. The van der Waals surface area contributed by atoms with Crippen molar-refractivity contribution in [1.29, 1.82) is 0 Å². The van der Waals surface area contributed by atoms with E-state index in [0.717, 1.165) is 10.6 Å². The Morgan fingerprint density at radius 2 is 1.03 bits per heavy atom. The van der Waals surface area contributed by atoms with Crippen LogP contribution in [0, 0.1) is 0 Å².